The molecular weight excluding hydrogens is 274 g/mol. The van der Waals surface area contributed by atoms with Crippen molar-refractivity contribution in [2.45, 2.75) is 6.42 Å². The van der Waals surface area contributed by atoms with Crippen molar-refractivity contribution in [3.8, 4) is 17.3 Å². The first kappa shape index (κ1) is 12.8. The molecule has 1 aromatic carbocycles. The van der Waals surface area contributed by atoms with E-state index in [0.29, 0.717) is 21.2 Å². The molecule has 1 heterocycles. The summed E-state index contributed by atoms with van der Waals surface area (Å²) in [4.78, 5) is 3.99. The number of benzene rings is 1. The lowest BCUT2D eigenvalue weighted by Gasteiger charge is -2.07. The zero-order valence-electron chi connectivity index (χ0n) is 9.12. The third kappa shape index (κ3) is 2.45. The molecule has 2 rings (SSSR count). The summed E-state index contributed by atoms with van der Waals surface area (Å²) in [7, 11) is 0. The van der Waals surface area contributed by atoms with Gasteiger partial charge in [0.15, 0.2) is 0 Å². The Morgan fingerprint density at radius 1 is 1.28 bits per heavy atom. The number of nitrogens with zero attached hydrogens (tertiary/aromatic N) is 2. The predicted molar refractivity (Wildman–Crippen MR) is 69.0 cm³/mol. The zero-order valence-corrected chi connectivity index (χ0v) is 10.6. The number of aromatic nitrogens is 1. The topological polar surface area (TPSA) is 36.7 Å². The summed E-state index contributed by atoms with van der Waals surface area (Å²) < 4.78 is 13.9. The van der Waals surface area contributed by atoms with Gasteiger partial charge in [0.2, 0.25) is 0 Å². The molecule has 0 saturated heterocycles. The highest BCUT2D eigenvalue weighted by Gasteiger charge is 2.14. The van der Waals surface area contributed by atoms with Crippen LogP contribution in [0, 0.1) is 17.1 Å². The summed E-state index contributed by atoms with van der Waals surface area (Å²) in [6, 6.07) is 8.12. The molecule has 0 bridgehead atoms. The molecule has 0 spiro atoms. The molecule has 0 amide bonds. The van der Waals surface area contributed by atoms with Crippen molar-refractivity contribution in [1.82, 2.24) is 4.98 Å². The molecule has 0 saturated carbocycles. The molecule has 5 heteroatoms. The number of nitriles is 1. The van der Waals surface area contributed by atoms with Crippen molar-refractivity contribution in [2.75, 3.05) is 0 Å². The fraction of sp³-hybridized carbons (Fsp3) is 0.0769. The van der Waals surface area contributed by atoms with Gasteiger partial charge in [-0.2, -0.15) is 5.26 Å². The number of hydrogen-bond donors (Lipinski definition) is 0. The maximum atomic E-state index is 13.9. The van der Waals surface area contributed by atoms with Crippen molar-refractivity contribution < 1.29 is 4.39 Å². The molecule has 0 aliphatic heterocycles. The molecule has 0 aliphatic carbocycles. The Labute approximate surface area is 114 Å². The van der Waals surface area contributed by atoms with Gasteiger partial charge in [0.1, 0.15) is 11.5 Å². The van der Waals surface area contributed by atoms with Gasteiger partial charge >= 0.3 is 0 Å². The summed E-state index contributed by atoms with van der Waals surface area (Å²) in [6.07, 6.45) is 1.56. The standard InChI is InChI=1S/C13H7Cl2FN2/c14-9-2-1-3-10(15)12(9)13-11(16)6-8(4-5-17)7-18-13/h1-3,6-7H,4H2. The first-order valence-corrected chi connectivity index (χ1v) is 5.85. The molecule has 0 aliphatic rings. The van der Waals surface area contributed by atoms with Crippen LogP contribution in [0.15, 0.2) is 30.5 Å². The van der Waals surface area contributed by atoms with Gasteiger partial charge in [-0.05, 0) is 23.8 Å². The van der Waals surface area contributed by atoms with Crippen LogP contribution in [0.3, 0.4) is 0 Å². The largest absolute Gasteiger partial charge is 0.253 e. The molecule has 90 valence electrons. The SMILES string of the molecule is N#CCc1cnc(-c2c(Cl)cccc2Cl)c(F)c1. The molecule has 0 unspecified atom stereocenters. The van der Waals surface area contributed by atoms with Crippen molar-refractivity contribution in [3.63, 3.8) is 0 Å². The Bertz CT molecular complexity index is 615. The van der Waals surface area contributed by atoms with Crippen LogP contribution in [-0.4, -0.2) is 4.98 Å². The Kier molecular flexibility index (Phi) is 3.81. The molecular formula is C13H7Cl2FN2. The van der Waals surface area contributed by atoms with E-state index in [1.165, 1.54) is 12.3 Å². The maximum absolute atomic E-state index is 13.9. The van der Waals surface area contributed by atoms with E-state index < -0.39 is 5.82 Å². The zero-order chi connectivity index (χ0) is 13.1. The monoisotopic (exact) mass is 280 g/mol. The molecule has 0 N–H and O–H groups in total. The van der Waals surface area contributed by atoms with E-state index >= 15 is 0 Å². The minimum Gasteiger partial charge on any atom is -0.253 e. The summed E-state index contributed by atoms with van der Waals surface area (Å²) in [6.45, 7) is 0. The van der Waals surface area contributed by atoms with Crippen molar-refractivity contribution >= 4 is 23.2 Å². The Morgan fingerprint density at radius 2 is 1.94 bits per heavy atom. The van der Waals surface area contributed by atoms with Crippen LogP contribution in [0.1, 0.15) is 5.56 Å². The van der Waals surface area contributed by atoms with Gasteiger partial charge in [0.05, 0.1) is 22.5 Å². The maximum Gasteiger partial charge on any atom is 0.149 e. The predicted octanol–water partition coefficient (Wildman–Crippen LogP) is 4.26. The van der Waals surface area contributed by atoms with E-state index in [2.05, 4.69) is 4.98 Å². The van der Waals surface area contributed by atoms with Gasteiger partial charge in [-0.25, -0.2) is 4.39 Å². The second-order valence-electron chi connectivity index (χ2n) is 3.61. The minimum absolute atomic E-state index is 0.0901. The summed E-state index contributed by atoms with van der Waals surface area (Å²) in [5, 5.41) is 9.21. The smallest absolute Gasteiger partial charge is 0.149 e. The molecule has 1 aromatic heterocycles. The number of rotatable bonds is 2. The molecule has 2 aromatic rings. The van der Waals surface area contributed by atoms with Gasteiger partial charge in [0, 0.05) is 11.8 Å². The lowest BCUT2D eigenvalue weighted by molar-refractivity contribution is 0.624. The Hall–Kier alpha value is -1.63. The Balaban J connectivity index is 2.56. The van der Waals surface area contributed by atoms with E-state index in [9.17, 15) is 4.39 Å². The van der Waals surface area contributed by atoms with Crippen LogP contribution in [0.4, 0.5) is 4.39 Å². The molecule has 18 heavy (non-hydrogen) atoms. The van der Waals surface area contributed by atoms with E-state index in [1.807, 2.05) is 6.07 Å². The van der Waals surface area contributed by atoms with Gasteiger partial charge in [-0.15, -0.1) is 0 Å². The fourth-order valence-corrected chi connectivity index (χ4v) is 2.15. The van der Waals surface area contributed by atoms with Crippen LogP contribution in [0.5, 0.6) is 0 Å². The van der Waals surface area contributed by atoms with Crippen molar-refractivity contribution in [1.29, 1.82) is 5.26 Å². The average Bonchev–Trinajstić information content (AvgIpc) is 2.32. The van der Waals surface area contributed by atoms with Crippen LogP contribution in [0.2, 0.25) is 10.0 Å². The third-order valence-corrected chi connectivity index (χ3v) is 3.01. The highest BCUT2D eigenvalue weighted by Crippen LogP contribution is 2.34. The molecule has 0 fully saturated rings. The van der Waals surface area contributed by atoms with Crippen molar-refractivity contribution in [2.24, 2.45) is 0 Å². The molecule has 0 atom stereocenters. The lowest BCUT2D eigenvalue weighted by Crippen LogP contribution is -1.94. The number of hydrogen-bond acceptors (Lipinski definition) is 2. The summed E-state index contributed by atoms with van der Waals surface area (Å²) in [5.74, 6) is -0.544. The van der Waals surface area contributed by atoms with E-state index in [0.717, 1.165) is 0 Å². The van der Waals surface area contributed by atoms with Crippen LogP contribution in [-0.2, 0) is 6.42 Å². The highest BCUT2D eigenvalue weighted by atomic mass is 35.5. The van der Waals surface area contributed by atoms with Gasteiger partial charge in [-0.3, -0.25) is 4.98 Å². The second kappa shape index (κ2) is 5.34. The van der Waals surface area contributed by atoms with E-state index in [4.69, 9.17) is 28.5 Å². The quantitative estimate of drug-likeness (QED) is 0.824. The van der Waals surface area contributed by atoms with E-state index in [-0.39, 0.29) is 12.1 Å². The third-order valence-electron chi connectivity index (χ3n) is 2.38. The van der Waals surface area contributed by atoms with Gasteiger partial charge in [0.25, 0.3) is 0 Å². The second-order valence-corrected chi connectivity index (χ2v) is 4.42. The van der Waals surface area contributed by atoms with Crippen LogP contribution < -0.4 is 0 Å². The first-order valence-electron chi connectivity index (χ1n) is 5.09. The highest BCUT2D eigenvalue weighted by molar-refractivity contribution is 6.39. The first-order chi connectivity index (χ1) is 8.63. The van der Waals surface area contributed by atoms with Crippen molar-refractivity contribution in [3.05, 3.63) is 51.9 Å². The molecule has 2 nitrogen and oxygen atoms in total. The lowest BCUT2D eigenvalue weighted by atomic mass is 10.1. The summed E-state index contributed by atoms with van der Waals surface area (Å²) >= 11 is 12.0. The average molecular weight is 281 g/mol. The number of pyridine rings is 1. The fourth-order valence-electron chi connectivity index (χ4n) is 1.57. The Morgan fingerprint density at radius 3 is 2.50 bits per heavy atom. The van der Waals surface area contributed by atoms with E-state index in [1.54, 1.807) is 18.2 Å². The van der Waals surface area contributed by atoms with Gasteiger partial charge in [-0.1, -0.05) is 29.3 Å². The van der Waals surface area contributed by atoms with Crippen LogP contribution >= 0.6 is 23.2 Å². The minimum atomic E-state index is -0.544. The molecule has 0 radical (unpaired) electrons. The van der Waals surface area contributed by atoms with Gasteiger partial charge < -0.3 is 0 Å². The summed E-state index contributed by atoms with van der Waals surface area (Å²) in [5.41, 5.74) is 0.969. The van der Waals surface area contributed by atoms with Crippen LogP contribution in [0.25, 0.3) is 11.3 Å². The normalized spacial score (nSPS) is 10.1. The number of halogens is 3.